The van der Waals surface area contributed by atoms with E-state index in [-0.39, 0.29) is 4.74 Å². The molecular weight excluding hydrogens is 429 g/mol. The molecule has 3 rings (SSSR count). The van der Waals surface area contributed by atoms with Gasteiger partial charge in [0.05, 0.1) is 16.9 Å². The maximum atomic E-state index is 12.3. The molecule has 0 radical (unpaired) electrons. The van der Waals surface area contributed by atoms with E-state index in [4.69, 9.17) is 0 Å². The lowest BCUT2D eigenvalue weighted by molar-refractivity contribution is 1.53. The Kier molecular flexibility index (Phi) is 6.95. The molecule has 0 aliphatic carbocycles. The monoisotopic (exact) mass is 440 g/mol. The van der Waals surface area contributed by atoms with Crippen LogP contribution >= 0.6 is 93.2 Å². The highest BCUT2D eigenvalue weighted by molar-refractivity contribution is 8.45. The predicted octanol–water partition coefficient (Wildman–Crippen LogP) is 5.37. The summed E-state index contributed by atoms with van der Waals surface area (Å²) < 4.78 is 7.50. The second kappa shape index (κ2) is 8.51. The third-order valence-corrected chi connectivity index (χ3v) is 13.0. The Labute approximate surface area is 163 Å². The first-order valence-electron chi connectivity index (χ1n) is 6.45. The van der Waals surface area contributed by atoms with Crippen LogP contribution in [0, 0.1) is 0 Å². The summed E-state index contributed by atoms with van der Waals surface area (Å²) in [5, 5.41) is 4.09. The fourth-order valence-electron chi connectivity index (χ4n) is 1.60. The number of thioether (sulfide) groups is 6. The number of hydrogen-bond donors (Lipinski definition) is 0. The summed E-state index contributed by atoms with van der Waals surface area (Å²) in [6.07, 6.45) is 0. The minimum absolute atomic E-state index is 0.202. The molecule has 118 valence electrons. The van der Waals surface area contributed by atoms with Gasteiger partial charge >= 0.3 is 0 Å². The van der Waals surface area contributed by atoms with Gasteiger partial charge in [-0.05, 0) is 22.3 Å². The van der Waals surface area contributed by atoms with E-state index in [9.17, 15) is 4.79 Å². The van der Waals surface area contributed by atoms with Gasteiger partial charge in [-0.1, -0.05) is 72.2 Å². The standard InChI is InChI=1S/C13H12OS8/c1-3-15-10-11(16-4-2)22-13(21-10)12-19-7(8(14)20-12)9-17-5-6-18-9/h5-6H,3-4H2,1-2H3. The van der Waals surface area contributed by atoms with Gasteiger partial charge < -0.3 is 0 Å². The quantitative estimate of drug-likeness (QED) is 0.618. The Bertz CT molecular complexity index is 767. The van der Waals surface area contributed by atoms with Crippen molar-refractivity contribution in [1.82, 2.24) is 0 Å². The normalized spacial score (nSPS) is 18.1. The maximum absolute atomic E-state index is 12.3. The molecule has 2 aliphatic heterocycles. The van der Waals surface area contributed by atoms with Gasteiger partial charge in [0.15, 0.2) is 0 Å². The first kappa shape index (κ1) is 18.0. The van der Waals surface area contributed by atoms with Crippen molar-refractivity contribution in [3.8, 4) is 0 Å². The highest BCUT2D eigenvalue weighted by atomic mass is 32.3. The lowest BCUT2D eigenvalue weighted by atomic mass is 10.9. The molecule has 0 spiro atoms. The molecule has 0 aromatic carbocycles. The van der Waals surface area contributed by atoms with Gasteiger partial charge in [-0.25, -0.2) is 0 Å². The second-order valence-electron chi connectivity index (χ2n) is 3.84. The van der Waals surface area contributed by atoms with Gasteiger partial charge in [0.1, 0.15) is 8.38 Å². The van der Waals surface area contributed by atoms with Gasteiger partial charge in [0.25, 0.3) is 4.74 Å². The zero-order chi connectivity index (χ0) is 15.5. The summed E-state index contributed by atoms with van der Waals surface area (Å²) >= 11 is 13.9. The van der Waals surface area contributed by atoms with E-state index in [0.717, 1.165) is 24.1 Å². The molecule has 0 atom stereocenters. The molecule has 0 saturated carbocycles. The maximum Gasteiger partial charge on any atom is 0.252 e. The smallest absolute Gasteiger partial charge is 0.252 e. The van der Waals surface area contributed by atoms with Crippen molar-refractivity contribution in [1.29, 1.82) is 0 Å². The van der Waals surface area contributed by atoms with E-state index in [2.05, 4.69) is 13.8 Å². The molecule has 0 amide bonds. The summed E-state index contributed by atoms with van der Waals surface area (Å²) in [6.45, 7) is 4.38. The number of hydrogen-bond acceptors (Lipinski definition) is 9. The molecule has 1 nitrogen and oxygen atoms in total. The topological polar surface area (TPSA) is 17.1 Å². The largest absolute Gasteiger partial charge is 0.276 e. The molecule has 0 unspecified atom stereocenters. The minimum atomic E-state index is 0.202. The highest BCUT2D eigenvalue weighted by Crippen LogP contribution is 2.57. The predicted molar refractivity (Wildman–Crippen MR) is 117 cm³/mol. The second-order valence-corrected chi connectivity index (χ2v) is 13.6. The van der Waals surface area contributed by atoms with Crippen molar-refractivity contribution < 1.29 is 0 Å². The van der Waals surface area contributed by atoms with Gasteiger partial charge in [-0.2, -0.15) is 0 Å². The highest BCUT2D eigenvalue weighted by Gasteiger charge is 2.23. The van der Waals surface area contributed by atoms with Gasteiger partial charge in [-0.3, -0.25) is 4.79 Å². The van der Waals surface area contributed by atoms with E-state index in [1.54, 1.807) is 34.9 Å². The Hall–Kier alpha value is 1.17. The lowest BCUT2D eigenvalue weighted by Gasteiger charge is -1.99. The average molecular weight is 441 g/mol. The van der Waals surface area contributed by atoms with Gasteiger partial charge in [0.2, 0.25) is 0 Å². The van der Waals surface area contributed by atoms with Crippen LogP contribution in [0.5, 0.6) is 0 Å². The van der Waals surface area contributed by atoms with Crippen molar-refractivity contribution in [2.75, 3.05) is 11.5 Å². The van der Waals surface area contributed by atoms with E-state index in [1.807, 2.05) is 57.9 Å². The summed E-state index contributed by atoms with van der Waals surface area (Å²) in [7, 11) is 0. The summed E-state index contributed by atoms with van der Waals surface area (Å²) in [5.41, 5.74) is 0. The molecule has 0 N–H and O–H groups in total. The summed E-state index contributed by atoms with van der Waals surface area (Å²) in [5.74, 6) is 2.18. The van der Waals surface area contributed by atoms with Crippen LogP contribution in [0.1, 0.15) is 13.8 Å². The van der Waals surface area contributed by atoms with Crippen LogP contribution in [0.2, 0.25) is 0 Å². The van der Waals surface area contributed by atoms with Crippen LogP contribution in [0.25, 0.3) is 8.47 Å². The molecular formula is C13H12OS8. The van der Waals surface area contributed by atoms with Crippen LogP contribution in [-0.2, 0) is 0 Å². The van der Waals surface area contributed by atoms with Crippen molar-refractivity contribution in [3.05, 3.63) is 37.2 Å². The van der Waals surface area contributed by atoms with Crippen LogP contribution in [0.15, 0.2) is 24.1 Å². The first-order chi connectivity index (χ1) is 10.7. The SMILES string of the molecule is CCSC1=C(SCC)SC(=c2sc(=O)c(=C3SC=CS3)s2)S1. The number of rotatable bonds is 4. The van der Waals surface area contributed by atoms with Gasteiger partial charge in [-0.15, -0.1) is 34.9 Å². The lowest BCUT2D eigenvalue weighted by Crippen LogP contribution is -2.14. The minimum Gasteiger partial charge on any atom is -0.276 e. The van der Waals surface area contributed by atoms with Crippen LogP contribution in [-0.4, -0.2) is 11.5 Å². The van der Waals surface area contributed by atoms with E-state index in [0.29, 0.717) is 0 Å². The first-order valence-corrected chi connectivity index (χ1v) is 13.4. The zero-order valence-electron chi connectivity index (χ0n) is 11.7. The molecule has 1 aromatic rings. The molecule has 22 heavy (non-hydrogen) atoms. The van der Waals surface area contributed by atoms with Crippen LogP contribution in [0.3, 0.4) is 0 Å². The van der Waals surface area contributed by atoms with E-state index in [1.165, 1.54) is 24.0 Å². The summed E-state index contributed by atoms with van der Waals surface area (Å²) in [4.78, 5) is 12.3. The molecule has 0 saturated heterocycles. The Morgan fingerprint density at radius 2 is 1.50 bits per heavy atom. The molecule has 0 fully saturated rings. The Morgan fingerprint density at radius 3 is 2.05 bits per heavy atom. The Balaban J connectivity index is 1.98. The fraction of sp³-hybridized carbons (Fsp3) is 0.308. The summed E-state index contributed by atoms with van der Waals surface area (Å²) in [6, 6.07) is 0. The van der Waals surface area contributed by atoms with Crippen LogP contribution in [0.4, 0.5) is 0 Å². The van der Waals surface area contributed by atoms with Crippen molar-refractivity contribution in [3.63, 3.8) is 0 Å². The zero-order valence-corrected chi connectivity index (χ0v) is 18.3. The molecule has 1 aromatic heterocycles. The Morgan fingerprint density at radius 1 is 0.909 bits per heavy atom. The fourth-order valence-corrected chi connectivity index (χ4v) is 12.0. The van der Waals surface area contributed by atoms with Crippen LogP contribution < -0.4 is 13.1 Å². The third-order valence-electron chi connectivity index (χ3n) is 2.41. The molecule has 2 aliphatic rings. The van der Waals surface area contributed by atoms with E-state index >= 15 is 0 Å². The molecule has 0 bridgehead atoms. The van der Waals surface area contributed by atoms with Crippen molar-refractivity contribution in [2.45, 2.75) is 13.8 Å². The average Bonchev–Trinajstić information content (AvgIpc) is 3.20. The molecule has 3 heterocycles. The molecule has 9 heteroatoms. The van der Waals surface area contributed by atoms with Crippen molar-refractivity contribution in [2.24, 2.45) is 0 Å². The van der Waals surface area contributed by atoms with Gasteiger partial charge in [0, 0.05) is 0 Å². The van der Waals surface area contributed by atoms with Crippen molar-refractivity contribution >= 4 is 102 Å². The van der Waals surface area contributed by atoms with E-state index < -0.39 is 0 Å². The third kappa shape index (κ3) is 4.04.